The standard InChI is InChI=1S/C23H20F3NO2S/c24-23(25,26)20-7-1-4-17(14-20)21(28)27-12-11-16-9-10-19-6-2-5-18-8-3-13-30(29)22(18,19)15-16/h1-2,4-10,14-15H,3,11-13H2,(H,27,28). The van der Waals surface area contributed by atoms with Crippen LogP contribution < -0.4 is 5.32 Å². The van der Waals surface area contributed by atoms with E-state index in [4.69, 9.17) is 0 Å². The Labute approximate surface area is 175 Å². The maximum atomic E-state index is 13.0. The summed E-state index contributed by atoms with van der Waals surface area (Å²) in [5.74, 6) is 0.0427. The molecule has 1 heterocycles. The average molecular weight is 431 g/mol. The zero-order valence-corrected chi connectivity index (χ0v) is 16.9. The molecule has 0 bridgehead atoms. The van der Waals surface area contributed by atoms with Gasteiger partial charge in [-0.15, -0.1) is 0 Å². The molecule has 0 saturated heterocycles. The number of nitrogens with one attached hydrogen (secondary N) is 1. The van der Waals surface area contributed by atoms with Crippen LogP contribution >= 0.6 is 0 Å². The van der Waals surface area contributed by atoms with Crippen LogP contribution in [0.25, 0.3) is 0 Å². The second-order valence-corrected chi connectivity index (χ2v) is 9.09. The maximum absolute atomic E-state index is 13.0. The molecule has 0 saturated carbocycles. The molecule has 1 spiro atoms. The molecule has 1 aliphatic heterocycles. The van der Waals surface area contributed by atoms with Crippen LogP contribution in [0.4, 0.5) is 13.2 Å². The first-order valence-electron chi connectivity index (χ1n) is 9.64. The van der Waals surface area contributed by atoms with E-state index in [9.17, 15) is 22.2 Å². The molecule has 1 N–H and O–H groups in total. The Kier molecular flexibility index (Phi) is 5.40. The molecular weight excluding hydrogens is 411 g/mol. The monoisotopic (exact) mass is 431 g/mol. The lowest BCUT2D eigenvalue weighted by Crippen LogP contribution is -2.42. The molecule has 3 aliphatic rings. The quantitative estimate of drug-likeness (QED) is 0.755. The van der Waals surface area contributed by atoms with Gasteiger partial charge in [0.2, 0.25) is 0 Å². The Hall–Kier alpha value is -2.67. The van der Waals surface area contributed by atoms with E-state index in [1.54, 1.807) is 0 Å². The maximum Gasteiger partial charge on any atom is 0.416 e. The van der Waals surface area contributed by atoms with Crippen molar-refractivity contribution in [2.45, 2.75) is 23.8 Å². The summed E-state index contributed by atoms with van der Waals surface area (Å²) in [5, 5.41) is 2.68. The van der Waals surface area contributed by atoms with Crippen molar-refractivity contribution in [3.05, 3.63) is 94.6 Å². The van der Waals surface area contributed by atoms with E-state index in [1.807, 2.05) is 36.5 Å². The molecule has 1 aromatic carbocycles. The van der Waals surface area contributed by atoms with Crippen molar-refractivity contribution in [3.63, 3.8) is 0 Å². The molecule has 2 aliphatic carbocycles. The topological polar surface area (TPSA) is 46.2 Å². The molecule has 3 nitrogen and oxygen atoms in total. The normalized spacial score (nSPS) is 24.9. The van der Waals surface area contributed by atoms with Gasteiger partial charge in [-0.2, -0.15) is 13.2 Å². The van der Waals surface area contributed by atoms with Crippen molar-refractivity contribution in [3.8, 4) is 0 Å². The smallest absolute Gasteiger partial charge is 0.352 e. The number of rotatable bonds is 4. The zero-order chi connectivity index (χ0) is 21.4. The van der Waals surface area contributed by atoms with Gasteiger partial charge in [-0.3, -0.25) is 9.00 Å². The van der Waals surface area contributed by atoms with Crippen LogP contribution in [0.3, 0.4) is 0 Å². The first-order valence-corrected chi connectivity index (χ1v) is 11.0. The van der Waals surface area contributed by atoms with Crippen LogP contribution in [0.5, 0.6) is 0 Å². The van der Waals surface area contributed by atoms with Gasteiger partial charge in [0.25, 0.3) is 5.91 Å². The fourth-order valence-corrected chi connectivity index (χ4v) is 5.72. The third kappa shape index (κ3) is 3.74. The largest absolute Gasteiger partial charge is 0.416 e. The number of carbonyl (C=O) groups is 1. The zero-order valence-electron chi connectivity index (χ0n) is 16.0. The first kappa shape index (κ1) is 20.6. The Morgan fingerprint density at radius 3 is 2.80 bits per heavy atom. The van der Waals surface area contributed by atoms with Gasteiger partial charge in [0, 0.05) is 28.7 Å². The lowest BCUT2D eigenvalue weighted by molar-refractivity contribution is -0.137. The van der Waals surface area contributed by atoms with Crippen LogP contribution in [0.1, 0.15) is 28.8 Å². The summed E-state index contributed by atoms with van der Waals surface area (Å²) < 4.78 is 50.9. The van der Waals surface area contributed by atoms with E-state index in [2.05, 4.69) is 11.4 Å². The molecule has 30 heavy (non-hydrogen) atoms. The average Bonchev–Trinajstić information content (AvgIpc) is 2.73. The minimum Gasteiger partial charge on any atom is -0.352 e. The molecule has 1 aromatic rings. The summed E-state index contributed by atoms with van der Waals surface area (Å²) >= 11 is 0. The van der Waals surface area contributed by atoms with Gasteiger partial charge in [0.1, 0.15) is 4.75 Å². The fourth-order valence-electron chi connectivity index (χ4n) is 3.97. The van der Waals surface area contributed by atoms with E-state index < -0.39 is 33.2 Å². The van der Waals surface area contributed by atoms with Crippen molar-refractivity contribution in [2.75, 3.05) is 12.3 Å². The van der Waals surface area contributed by atoms with Gasteiger partial charge >= 0.3 is 6.18 Å². The van der Waals surface area contributed by atoms with E-state index >= 15 is 0 Å². The molecule has 1 amide bonds. The molecule has 156 valence electrons. The molecule has 2 atom stereocenters. The van der Waals surface area contributed by atoms with Crippen LogP contribution in [0.15, 0.2) is 83.5 Å². The highest BCUT2D eigenvalue weighted by Gasteiger charge is 2.44. The fraction of sp³-hybridized carbons (Fsp3) is 0.261. The Morgan fingerprint density at radius 1 is 1.17 bits per heavy atom. The number of benzene rings is 1. The van der Waals surface area contributed by atoms with Crippen LogP contribution in [0.2, 0.25) is 0 Å². The summed E-state index contributed by atoms with van der Waals surface area (Å²) in [6.07, 6.45) is 10.7. The molecule has 4 rings (SSSR count). The van der Waals surface area contributed by atoms with E-state index in [-0.39, 0.29) is 12.1 Å². The second-order valence-electron chi connectivity index (χ2n) is 7.35. The first-order chi connectivity index (χ1) is 14.3. The van der Waals surface area contributed by atoms with Crippen LogP contribution in [-0.4, -0.2) is 27.2 Å². The predicted molar refractivity (Wildman–Crippen MR) is 111 cm³/mol. The highest BCUT2D eigenvalue weighted by atomic mass is 32.2. The van der Waals surface area contributed by atoms with Crippen LogP contribution in [0, 0.1) is 0 Å². The van der Waals surface area contributed by atoms with Gasteiger partial charge in [-0.1, -0.05) is 48.6 Å². The third-order valence-corrected chi connectivity index (χ3v) is 7.37. The minimum absolute atomic E-state index is 0.0298. The number of alkyl halides is 3. The van der Waals surface area contributed by atoms with Gasteiger partial charge in [0.05, 0.1) is 5.56 Å². The summed E-state index contributed by atoms with van der Waals surface area (Å²) in [6, 6.07) is 4.37. The van der Waals surface area contributed by atoms with E-state index in [1.165, 1.54) is 12.1 Å². The molecule has 2 unspecified atom stereocenters. The van der Waals surface area contributed by atoms with Gasteiger partial charge < -0.3 is 5.32 Å². The lowest BCUT2D eigenvalue weighted by atomic mass is 9.80. The van der Waals surface area contributed by atoms with Gasteiger partial charge in [-0.05, 0) is 47.8 Å². The Bertz CT molecular complexity index is 1060. The minimum atomic E-state index is -4.49. The Balaban J connectivity index is 1.46. The summed E-state index contributed by atoms with van der Waals surface area (Å²) in [7, 11) is -1.08. The number of hydrogen-bond donors (Lipinski definition) is 1. The van der Waals surface area contributed by atoms with Crippen molar-refractivity contribution >= 4 is 16.7 Å². The Morgan fingerprint density at radius 2 is 2.00 bits per heavy atom. The summed E-state index contributed by atoms with van der Waals surface area (Å²) in [5.41, 5.74) is 2.08. The van der Waals surface area contributed by atoms with Crippen LogP contribution in [-0.2, 0) is 17.0 Å². The molecular formula is C23H20F3NO2S. The second kappa shape index (κ2) is 7.87. The van der Waals surface area contributed by atoms with E-state index in [0.717, 1.165) is 35.3 Å². The number of hydrogen-bond acceptors (Lipinski definition) is 2. The van der Waals surface area contributed by atoms with Gasteiger partial charge in [0.15, 0.2) is 0 Å². The SMILES string of the molecule is O=C(NCCC1=CC23C(=CC=CC2=CCCS3=O)C=C1)c1cccc(C(F)(F)F)c1. The van der Waals surface area contributed by atoms with Crippen molar-refractivity contribution in [2.24, 2.45) is 0 Å². The van der Waals surface area contributed by atoms with E-state index in [0.29, 0.717) is 12.2 Å². The number of allylic oxidation sites excluding steroid dienone is 6. The number of carbonyl (C=O) groups excluding carboxylic acids is 1. The highest BCUT2D eigenvalue weighted by molar-refractivity contribution is 7.87. The molecule has 0 radical (unpaired) electrons. The lowest BCUT2D eigenvalue weighted by Gasteiger charge is -2.39. The molecule has 7 heteroatoms. The third-order valence-electron chi connectivity index (χ3n) is 5.45. The highest BCUT2D eigenvalue weighted by Crippen LogP contribution is 2.44. The van der Waals surface area contributed by atoms with Crippen molar-refractivity contribution in [1.29, 1.82) is 0 Å². The predicted octanol–water partition coefficient (Wildman–Crippen LogP) is 4.64. The van der Waals surface area contributed by atoms with Crippen molar-refractivity contribution < 1.29 is 22.2 Å². The summed E-state index contributed by atoms with van der Waals surface area (Å²) in [6.45, 7) is 0.266. The number of halogens is 3. The van der Waals surface area contributed by atoms with Gasteiger partial charge in [-0.25, -0.2) is 0 Å². The molecule has 0 fully saturated rings. The summed E-state index contributed by atoms with van der Waals surface area (Å²) in [4.78, 5) is 12.3. The molecule has 0 aromatic heterocycles. The van der Waals surface area contributed by atoms with Crippen molar-refractivity contribution in [1.82, 2.24) is 5.32 Å². The number of amides is 1.